The SMILES string of the molecule is C1=Cc2cccn2-c2ccccc2N1. The molecule has 0 radical (unpaired) electrons. The summed E-state index contributed by atoms with van der Waals surface area (Å²) in [5, 5.41) is 3.26. The van der Waals surface area contributed by atoms with Crippen molar-refractivity contribution in [1.29, 1.82) is 0 Å². The fourth-order valence-electron chi connectivity index (χ4n) is 1.77. The van der Waals surface area contributed by atoms with Crippen LogP contribution in [0.5, 0.6) is 0 Å². The van der Waals surface area contributed by atoms with Crippen molar-refractivity contribution < 1.29 is 0 Å². The second-order valence-electron chi connectivity index (χ2n) is 3.30. The number of aromatic nitrogens is 1. The smallest absolute Gasteiger partial charge is 0.0691 e. The van der Waals surface area contributed by atoms with E-state index in [0.717, 1.165) is 5.69 Å². The first-order valence-electron chi connectivity index (χ1n) is 4.65. The Hall–Kier alpha value is -1.96. The Kier molecular flexibility index (Phi) is 1.47. The number of fused-ring (bicyclic) bond motifs is 3. The van der Waals surface area contributed by atoms with Crippen LogP contribution in [0.3, 0.4) is 0 Å². The number of rotatable bonds is 0. The van der Waals surface area contributed by atoms with Gasteiger partial charge in [-0.3, -0.25) is 0 Å². The fourth-order valence-corrected chi connectivity index (χ4v) is 1.77. The molecule has 0 fully saturated rings. The molecule has 0 saturated heterocycles. The predicted molar refractivity (Wildman–Crippen MR) is 58.4 cm³/mol. The van der Waals surface area contributed by atoms with Crippen LogP contribution in [0.25, 0.3) is 11.8 Å². The minimum atomic E-state index is 1.14. The molecule has 2 heteroatoms. The molecule has 3 rings (SSSR count). The van der Waals surface area contributed by atoms with E-state index in [1.807, 2.05) is 12.3 Å². The van der Waals surface area contributed by atoms with Crippen LogP contribution in [0.4, 0.5) is 5.69 Å². The number of nitrogens with one attached hydrogen (secondary N) is 1. The van der Waals surface area contributed by atoms with Crippen LogP contribution in [0, 0.1) is 0 Å². The van der Waals surface area contributed by atoms with Crippen LogP contribution in [-0.4, -0.2) is 4.57 Å². The average molecular weight is 182 g/mol. The molecule has 0 bridgehead atoms. The van der Waals surface area contributed by atoms with Crippen LogP contribution in [0.2, 0.25) is 0 Å². The first-order valence-corrected chi connectivity index (χ1v) is 4.65. The topological polar surface area (TPSA) is 17.0 Å². The molecule has 0 spiro atoms. The first-order chi connectivity index (χ1) is 6.95. The second-order valence-corrected chi connectivity index (χ2v) is 3.30. The van der Waals surface area contributed by atoms with Crippen LogP contribution in [0.1, 0.15) is 5.69 Å². The Morgan fingerprint density at radius 2 is 1.93 bits per heavy atom. The van der Waals surface area contributed by atoms with E-state index in [4.69, 9.17) is 0 Å². The highest BCUT2D eigenvalue weighted by atomic mass is 15.0. The van der Waals surface area contributed by atoms with Gasteiger partial charge in [0.05, 0.1) is 11.4 Å². The summed E-state index contributed by atoms with van der Waals surface area (Å²) in [7, 11) is 0. The minimum Gasteiger partial charge on any atom is -0.360 e. The van der Waals surface area contributed by atoms with Gasteiger partial charge in [-0.2, -0.15) is 0 Å². The molecule has 0 atom stereocenters. The number of hydrogen-bond acceptors (Lipinski definition) is 1. The van der Waals surface area contributed by atoms with Gasteiger partial charge in [0.1, 0.15) is 0 Å². The zero-order valence-corrected chi connectivity index (χ0v) is 7.64. The van der Waals surface area contributed by atoms with Crippen LogP contribution < -0.4 is 5.32 Å². The Labute approximate surface area is 82.5 Å². The molecular weight excluding hydrogens is 172 g/mol. The molecular formula is C12H10N2. The summed E-state index contributed by atoms with van der Waals surface area (Å²) in [5.74, 6) is 0. The van der Waals surface area contributed by atoms with Gasteiger partial charge in [-0.05, 0) is 30.3 Å². The summed E-state index contributed by atoms with van der Waals surface area (Å²) in [5.41, 5.74) is 3.53. The largest absolute Gasteiger partial charge is 0.360 e. The molecule has 2 heterocycles. The molecule has 0 unspecified atom stereocenters. The molecule has 1 N–H and O–H groups in total. The Morgan fingerprint density at radius 3 is 2.93 bits per heavy atom. The van der Waals surface area contributed by atoms with Crippen molar-refractivity contribution in [3.63, 3.8) is 0 Å². The highest BCUT2D eigenvalue weighted by Gasteiger charge is 2.07. The maximum atomic E-state index is 3.26. The molecule has 14 heavy (non-hydrogen) atoms. The van der Waals surface area contributed by atoms with Gasteiger partial charge in [0.25, 0.3) is 0 Å². The van der Waals surface area contributed by atoms with Gasteiger partial charge in [0.2, 0.25) is 0 Å². The number of nitrogens with zero attached hydrogens (tertiary/aromatic N) is 1. The van der Waals surface area contributed by atoms with Gasteiger partial charge in [-0.1, -0.05) is 12.1 Å². The molecule has 0 amide bonds. The molecule has 2 nitrogen and oxygen atoms in total. The molecule has 1 aliphatic heterocycles. The highest BCUT2D eigenvalue weighted by molar-refractivity contribution is 5.69. The molecule has 68 valence electrons. The van der Waals surface area contributed by atoms with E-state index in [1.54, 1.807) is 0 Å². The predicted octanol–water partition coefficient (Wildman–Crippen LogP) is 2.87. The molecule has 1 aromatic carbocycles. The van der Waals surface area contributed by atoms with Gasteiger partial charge >= 0.3 is 0 Å². The molecule has 0 saturated carbocycles. The van der Waals surface area contributed by atoms with Crippen molar-refractivity contribution in [3.8, 4) is 5.69 Å². The normalized spacial score (nSPS) is 12.6. The third kappa shape index (κ3) is 0.973. The zero-order valence-electron chi connectivity index (χ0n) is 7.64. The fraction of sp³-hybridized carbons (Fsp3) is 0. The van der Waals surface area contributed by atoms with Gasteiger partial charge in [0.15, 0.2) is 0 Å². The van der Waals surface area contributed by atoms with Gasteiger partial charge in [-0.15, -0.1) is 0 Å². The third-order valence-corrected chi connectivity index (χ3v) is 2.44. The van der Waals surface area contributed by atoms with Crippen LogP contribution in [-0.2, 0) is 0 Å². The summed E-state index contributed by atoms with van der Waals surface area (Å²) in [6.07, 6.45) is 6.11. The van der Waals surface area contributed by atoms with E-state index < -0.39 is 0 Å². The van der Waals surface area contributed by atoms with Crippen molar-refractivity contribution in [2.45, 2.75) is 0 Å². The molecule has 2 aromatic rings. The van der Waals surface area contributed by atoms with E-state index in [0.29, 0.717) is 0 Å². The summed E-state index contributed by atoms with van der Waals surface area (Å²) in [6.45, 7) is 0. The van der Waals surface area contributed by atoms with Crippen molar-refractivity contribution in [2.24, 2.45) is 0 Å². The van der Waals surface area contributed by atoms with Gasteiger partial charge < -0.3 is 9.88 Å². The van der Waals surface area contributed by atoms with Crippen molar-refractivity contribution in [2.75, 3.05) is 5.32 Å². The van der Waals surface area contributed by atoms with E-state index >= 15 is 0 Å². The van der Waals surface area contributed by atoms with Crippen LogP contribution in [0.15, 0.2) is 48.8 Å². The lowest BCUT2D eigenvalue weighted by atomic mass is 10.2. The number of benzene rings is 1. The lowest BCUT2D eigenvalue weighted by Crippen LogP contribution is -1.95. The maximum absolute atomic E-state index is 3.26. The number of hydrogen-bond donors (Lipinski definition) is 1. The molecule has 1 aromatic heterocycles. The third-order valence-electron chi connectivity index (χ3n) is 2.44. The monoisotopic (exact) mass is 182 g/mol. The lowest BCUT2D eigenvalue weighted by molar-refractivity contribution is 1.07. The van der Waals surface area contributed by atoms with Crippen LogP contribution >= 0.6 is 0 Å². The Bertz CT molecular complexity index is 495. The molecule has 0 aliphatic carbocycles. The highest BCUT2D eigenvalue weighted by Crippen LogP contribution is 2.25. The van der Waals surface area contributed by atoms with E-state index in [1.165, 1.54) is 11.4 Å². The van der Waals surface area contributed by atoms with E-state index in [-0.39, 0.29) is 0 Å². The number of anilines is 1. The standard InChI is InChI=1S/C12H10N2/c1-2-6-12-11(5-1)13-8-7-10-4-3-9-14(10)12/h1-9,13H. The summed E-state index contributed by atoms with van der Waals surface area (Å²) < 4.78 is 2.17. The van der Waals surface area contributed by atoms with E-state index in [2.05, 4.69) is 52.5 Å². The maximum Gasteiger partial charge on any atom is 0.0691 e. The van der Waals surface area contributed by atoms with Gasteiger partial charge in [-0.25, -0.2) is 0 Å². The average Bonchev–Trinajstić information content (AvgIpc) is 2.61. The number of para-hydroxylation sites is 2. The Morgan fingerprint density at radius 1 is 1.00 bits per heavy atom. The lowest BCUT2D eigenvalue weighted by Gasteiger charge is -2.08. The van der Waals surface area contributed by atoms with Crippen molar-refractivity contribution in [1.82, 2.24) is 4.57 Å². The summed E-state index contributed by atoms with van der Waals surface area (Å²) >= 11 is 0. The minimum absolute atomic E-state index is 1.14. The van der Waals surface area contributed by atoms with E-state index in [9.17, 15) is 0 Å². The summed E-state index contributed by atoms with van der Waals surface area (Å²) in [4.78, 5) is 0. The van der Waals surface area contributed by atoms with Crippen molar-refractivity contribution in [3.05, 3.63) is 54.5 Å². The van der Waals surface area contributed by atoms with Gasteiger partial charge in [0, 0.05) is 18.1 Å². The second kappa shape index (κ2) is 2.77. The zero-order chi connectivity index (χ0) is 9.38. The first kappa shape index (κ1) is 7.44. The quantitative estimate of drug-likeness (QED) is 0.663. The van der Waals surface area contributed by atoms with Crippen molar-refractivity contribution >= 4 is 11.8 Å². The molecule has 1 aliphatic rings. The summed E-state index contributed by atoms with van der Waals surface area (Å²) in [6, 6.07) is 12.4. The Balaban J connectivity index is 2.33.